The zero-order valence-electron chi connectivity index (χ0n) is 18.4. The van der Waals surface area contributed by atoms with Crippen LogP contribution in [0.5, 0.6) is 5.75 Å². The molecule has 2 heterocycles. The number of amides is 1. The van der Waals surface area contributed by atoms with Crippen LogP contribution < -0.4 is 9.64 Å². The Balaban J connectivity index is 1.60. The summed E-state index contributed by atoms with van der Waals surface area (Å²) in [6, 6.07) is 10.3. The third-order valence-electron chi connectivity index (χ3n) is 6.51. The number of rotatable bonds is 4. The number of carbonyl (C=O) groups excluding carboxylic acids is 1. The molecule has 0 atom stereocenters. The van der Waals surface area contributed by atoms with Crippen LogP contribution in [-0.2, 0) is 16.4 Å². The van der Waals surface area contributed by atoms with Gasteiger partial charge in [0.25, 0.3) is 5.91 Å². The molecule has 0 aromatic heterocycles. The van der Waals surface area contributed by atoms with E-state index in [-0.39, 0.29) is 10.8 Å². The molecule has 2 aliphatic rings. The van der Waals surface area contributed by atoms with Crippen LogP contribution in [0.3, 0.4) is 0 Å². The molecule has 7 heteroatoms. The molecule has 0 saturated carbocycles. The molecule has 0 radical (unpaired) electrons. The van der Waals surface area contributed by atoms with Crippen LogP contribution in [0, 0.1) is 12.8 Å². The van der Waals surface area contributed by atoms with E-state index in [0.29, 0.717) is 36.9 Å². The van der Waals surface area contributed by atoms with E-state index >= 15 is 0 Å². The van der Waals surface area contributed by atoms with Gasteiger partial charge in [0.2, 0.25) is 10.0 Å². The molecule has 0 aliphatic carbocycles. The smallest absolute Gasteiger partial charge is 0.258 e. The minimum atomic E-state index is -3.53. The number of aryl methyl sites for hydroxylation is 1. The number of sulfonamides is 1. The lowest BCUT2D eigenvalue weighted by molar-refractivity contribution is 0.0984. The van der Waals surface area contributed by atoms with Gasteiger partial charge in [-0.2, -0.15) is 4.31 Å². The van der Waals surface area contributed by atoms with Gasteiger partial charge in [0.15, 0.2) is 0 Å². The lowest BCUT2D eigenvalue weighted by Crippen LogP contribution is -2.38. The van der Waals surface area contributed by atoms with Crippen molar-refractivity contribution in [2.45, 2.75) is 44.4 Å². The number of fused-ring (bicyclic) bond motifs is 1. The molecular weight excluding hydrogens is 412 g/mol. The molecule has 1 amide bonds. The quantitative estimate of drug-likeness (QED) is 0.717. The van der Waals surface area contributed by atoms with E-state index in [1.165, 1.54) is 0 Å². The highest BCUT2D eigenvalue weighted by Gasteiger charge is 2.30. The predicted molar refractivity (Wildman–Crippen MR) is 121 cm³/mol. The van der Waals surface area contributed by atoms with Crippen LogP contribution in [0.15, 0.2) is 41.3 Å². The fraction of sp³-hybridized carbons (Fsp3) is 0.458. The number of nitrogens with zero attached hydrogens (tertiary/aromatic N) is 2. The lowest BCUT2D eigenvalue weighted by Gasteiger charge is -2.32. The Bertz CT molecular complexity index is 1070. The first-order valence-corrected chi connectivity index (χ1v) is 12.4. The monoisotopic (exact) mass is 442 g/mol. The third kappa shape index (κ3) is 4.08. The molecule has 2 aromatic carbocycles. The second-order valence-corrected chi connectivity index (χ2v) is 10.5. The zero-order chi connectivity index (χ0) is 22.2. The Morgan fingerprint density at radius 2 is 1.71 bits per heavy atom. The number of anilines is 1. The van der Waals surface area contributed by atoms with Gasteiger partial charge in [-0.25, -0.2) is 8.42 Å². The maximum atomic E-state index is 13.4. The molecule has 1 saturated heterocycles. The van der Waals surface area contributed by atoms with Gasteiger partial charge < -0.3 is 9.64 Å². The van der Waals surface area contributed by atoms with Crippen molar-refractivity contribution >= 4 is 21.6 Å². The van der Waals surface area contributed by atoms with Crippen molar-refractivity contribution in [3.63, 3.8) is 0 Å². The molecule has 2 aliphatic heterocycles. The molecule has 1 fully saturated rings. The molecule has 0 N–H and O–H groups in total. The third-order valence-corrected chi connectivity index (χ3v) is 8.42. The minimum absolute atomic E-state index is 0.138. The summed E-state index contributed by atoms with van der Waals surface area (Å²) >= 11 is 0. The summed E-state index contributed by atoms with van der Waals surface area (Å²) in [7, 11) is -1.92. The zero-order valence-corrected chi connectivity index (χ0v) is 19.2. The highest BCUT2D eigenvalue weighted by molar-refractivity contribution is 7.89. The SMILES string of the molecule is COc1ccc(C)c2c1N(C(=O)c1ccc(S(=O)(=O)N3CCC(C)CC3)cc1)CCC2. The van der Waals surface area contributed by atoms with Crippen molar-refractivity contribution in [2.75, 3.05) is 31.6 Å². The van der Waals surface area contributed by atoms with Crippen molar-refractivity contribution in [3.8, 4) is 5.75 Å². The minimum Gasteiger partial charge on any atom is -0.495 e. The van der Waals surface area contributed by atoms with Crippen LogP contribution in [-0.4, -0.2) is 45.4 Å². The number of ether oxygens (including phenoxy) is 1. The normalized spacial score (nSPS) is 18.0. The summed E-state index contributed by atoms with van der Waals surface area (Å²) in [6.07, 6.45) is 3.55. The highest BCUT2D eigenvalue weighted by Crippen LogP contribution is 2.39. The Morgan fingerprint density at radius 3 is 2.35 bits per heavy atom. The van der Waals surface area contributed by atoms with E-state index < -0.39 is 10.0 Å². The van der Waals surface area contributed by atoms with Gasteiger partial charge in [-0.05, 0) is 80.0 Å². The number of benzene rings is 2. The molecule has 0 unspecified atom stereocenters. The standard InChI is InChI=1S/C24H30N2O4S/c1-17-12-15-25(16-13-17)31(28,29)20-9-7-19(8-10-20)24(27)26-14-4-5-21-18(2)6-11-22(30-3)23(21)26/h6-11,17H,4-5,12-16H2,1-3H3. The average Bonchev–Trinajstić information content (AvgIpc) is 2.79. The number of hydrogen-bond donors (Lipinski definition) is 0. The molecular formula is C24H30N2O4S. The van der Waals surface area contributed by atoms with Crippen molar-refractivity contribution < 1.29 is 17.9 Å². The van der Waals surface area contributed by atoms with E-state index in [2.05, 4.69) is 6.92 Å². The molecule has 0 bridgehead atoms. The predicted octanol–water partition coefficient (Wildman–Crippen LogP) is 4.02. The maximum Gasteiger partial charge on any atom is 0.258 e. The van der Waals surface area contributed by atoms with E-state index in [1.807, 2.05) is 19.1 Å². The first-order valence-electron chi connectivity index (χ1n) is 10.9. The van der Waals surface area contributed by atoms with Crippen molar-refractivity contribution in [2.24, 2.45) is 5.92 Å². The largest absolute Gasteiger partial charge is 0.495 e. The topological polar surface area (TPSA) is 66.9 Å². The summed E-state index contributed by atoms with van der Waals surface area (Å²) in [6.45, 7) is 5.91. The van der Waals surface area contributed by atoms with Crippen molar-refractivity contribution in [3.05, 3.63) is 53.1 Å². The highest BCUT2D eigenvalue weighted by atomic mass is 32.2. The van der Waals surface area contributed by atoms with Crippen molar-refractivity contribution in [1.29, 1.82) is 0 Å². The van der Waals surface area contributed by atoms with Crippen LogP contribution >= 0.6 is 0 Å². The van der Waals surface area contributed by atoms with Crippen LogP contribution in [0.2, 0.25) is 0 Å². The summed E-state index contributed by atoms with van der Waals surface area (Å²) < 4.78 is 33.0. The van der Waals surface area contributed by atoms with Gasteiger partial charge in [0, 0.05) is 25.2 Å². The van der Waals surface area contributed by atoms with Crippen LogP contribution in [0.25, 0.3) is 0 Å². The number of methoxy groups -OCH3 is 1. The van der Waals surface area contributed by atoms with Crippen LogP contribution in [0.4, 0.5) is 5.69 Å². The van der Waals surface area contributed by atoms with Crippen molar-refractivity contribution in [1.82, 2.24) is 4.31 Å². The van der Waals surface area contributed by atoms with Gasteiger partial charge in [0.1, 0.15) is 5.75 Å². The van der Waals surface area contributed by atoms with Gasteiger partial charge in [-0.1, -0.05) is 13.0 Å². The number of carbonyl (C=O) groups is 1. The van der Waals surface area contributed by atoms with E-state index in [4.69, 9.17) is 4.74 Å². The molecule has 4 rings (SSSR count). The molecule has 166 valence electrons. The Morgan fingerprint density at radius 1 is 1.03 bits per heavy atom. The fourth-order valence-corrected chi connectivity index (χ4v) is 5.99. The van der Waals surface area contributed by atoms with Gasteiger partial charge in [0.05, 0.1) is 17.7 Å². The van der Waals surface area contributed by atoms with E-state index in [9.17, 15) is 13.2 Å². The van der Waals surface area contributed by atoms with E-state index in [1.54, 1.807) is 40.6 Å². The number of hydrogen-bond acceptors (Lipinski definition) is 4. The maximum absolute atomic E-state index is 13.4. The first-order chi connectivity index (χ1) is 14.8. The van der Waals surface area contributed by atoms with E-state index in [0.717, 1.165) is 42.5 Å². The first kappa shape index (κ1) is 21.8. The van der Waals surface area contributed by atoms with Crippen LogP contribution in [0.1, 0.15) is 47.7 Å². The summed E-state index contributed by atoms with van der Waals surface area (Å²) in [5.41, 5.74) is 3.59. The Hall–Kier alpha value is -2.38. The van der Waals surface area contributed by atoms with Gasteiger partial charge in [-0.3, -0.25) is 4.79 Å². The fourth-order valence-electron chi connectivity index (χ4n) is 4.52. The summed E-state index contributed by atoms with van der Waals surface area (Å²) in [4.78, 5) is 15.4. The second-order valence-electron chi connectivity index (χ2n) is 8.58. The second kappa shape index (κ2) is 8.63. The van der Waals surface area contributed by atoms with Gasteiger partial charge in [-0.15, -0.1) is 0 Å². The molecule has 6 nitrogen and oxygen atoms in total. The summed E-state index contributed by atoms with van der Waals surface area (Å²) in [5, 5.41) is 0. The summed E-state index contributed by atoms with van der Waals surface area (Å²) in [5.74, 6) is 1.10. The Labute approximate surface area is 184 Å². The van der Waals surface area contributed by atoms with Gasteiger partial charge >= 0.3 is 0 Å². The molecule has 2 aromatic rings. The molecule has 31 heavy (non-hydrogen) atoms. The number of piperidine rings is 1. The Kier molecular flexibility index (Phi) is 6.08. The average molecular weight is 443 g/mol. The molecule has 0 spiro atoms. The lowest BCUT2D eigenvalue weighted by atomic mass is 9.95.